The van der Waals surface area contributed by atoms with Gasteiger partial charge in [0.15, 0.2) is 0 Å². The number of benzene rings is 2. The van der Waals surface area contributed by atoms with Gasteiger partial charge < -0.3 is 19.9 Å². The van der Waals surface area contributed by atoms with E-state index in [2.05, 4.69) is 46.2 Å². The van der Waals surface area contributed by atoms with Crippen LogP contribution in [-0.4, -0.2) is 89.4 Å². The van der Waals surface area contributed by atoms with Crippen LogP contribution in [0.2, 0.25) is 0 Å². The normalized spacial score (nSPS) is 16.7. The van der Waals surface area contributed by atoms with E-state index in [1.165, 1.54) is 12.4 Å². The van der Waals surface area contributed by atoms with E-state index in [0.717, 1.165) is 49.4 Å². The van der Waals surface area contributed by atoms with Crippen molar-refractivity contribution >= 4 is 29.1 Å². The quantitative estimate of drug-likeness (QED) is 0.142. The number of fused-ring (bicyclic) bond motifs is 1. The zero-order chi connectivity index (χ0) is 40.4. The standard InChI is InChI=1S/C41H44FN11O5/c1-41(2,3)40-48-37(50-58-40)39(56)43-22-27-5-4-26(20-31(27)42)36-33-21-28(23-53(33)45-24-44-36)25-6-8-30(9-7-25)57-19-18-51-15-12-29(13-16-51)52-17-14-34(49-52)46-32-10-11-35(54)47-38(32)55/h4-9,14,17,20-21,23-24,29,32H,10-13,15-16,18-19,22H2,1-3H3,(H,43,56)(H,46,49)(H,47,54,55). The highest BCUT2D eigenvalue weighted by Gasteiger charge is 2.28. The lowest BCUT2D eigenvalue weighted by atomic mass is 9.97. The summed E-state index contributed by atoms with van der Waals surface area (Å²) in [6.45, 7) is 8.85. The van der Waals surface area contributed by atoms with E-state index < -0.39 is 23.2 Å². The van der Waals surface area contributed by atoms with E-state index in [9.17, 15) is 14.4 Å². The van der Waals surface area contributed by atoms with Gasteiger partial charge in [-0.2, -0.15) is 15.2 Å². The summed E-state index contributed by atoms with van der Waals surface area (Å²) in [6.07, 6.45) is 7.97. The minimum atomic E-state index is -0.556. The molecular weight excluding hydrogens is 746 g/mol. The molecule has 6 aromatic rings. The lowest BCUT2D eigenvalue weighted by molar-refractivity contribution is -0.133. The highest BCUT2D eigenvalue weighted by molar-refractivity contribution is 6.01. The molecule has 3 N–H and O–H groups in total. The van der Waals surface area contributed by atoms with Crippen molar-refractivity contribution in [1.82, 2.24) is 50.1 Å². The molecule has 6 heterocycles. The van der Waals surface area contributed by atoms with Crippen molar-refractivity contribution in [2.45, 2.75) is 70.5 Å². The highest BCUT2D eigenvalue weighted by Crippen LogP contribution is 2.30. The zero-order valence-electron chi connectivity index (χ0n) is 32.4. The first-order valence-corrected chi connectivity index (χ1v) is 19.3. The number of hydrogen-bond donors (Lipinski definition) is 3. The number of hydrogen-bond acceptors (Lipinski definition) is 12. The average Bonchev–Trinajstić information content (AvgIpc) is 4.00. The minimum Gasteiger partial charge on any atom is -0.492 e. The second-order valence-corrected chi connectivity index (χ2v) is 15.6. The van der Waals surface area contributed by atoms with Crippen molar-refractivity contribution in [3.05, 3.63) is 96.4 Å². The number of aromatic nitrogens is 7. The van der Waals surface area contributed by atoms with Gasteiger partial charge in [0.2, 0.25) is 17.7 Å². The number of carbonyl (C=O) groups excluding carboxylic acids is 3. The molecule has 1 atom stereocenters. The Morgan fingerprint density at radius 3 is 2.55 bits per heavy atom. The van der Waals surface area contributed by atoms with Crippen LogP contribution in [0.1, 0.15) is 74.6 Å². The molecule has 0 bridgehead atoms. The first-order valence-electron chi connectivity index (χ1n) is 19.3. The summed E-state index contributed by atoms with van der Waals surface area (Å²) in [4.78, 5) is 47.1. The summed E-state index contributed by atoms with van der Waals surface area (Å²) < 4.78 is 30.3. The molecule has 0 aliphatic carbocycles. The van der Waals surface area contributed by atoms with Crippen LogP contribution in [-0.2, 0) is 21.5 Å². The van der Waals surface area contributed by atoms with Crippen LogP contribution in [0.25, 0.3) is 27.9 Å². The molecule has 2 aromatic carbocycles. The Hall–Kier alpha value is -6.49. The zero-order valence-corrected chi connectivity index (χ0v) is 32.4. The Kier molecular flexibility index (Phi) is 10.7. The maximum atomic E-state index is 15.3. The molecule has 300 valence electrons. The van der Waals surface area contributed by atoms with E-state index >= 15 is 4.39 Å². The predicted molar refractivity (Wildman–Crippen MR) is 210 cm³/mol. The highest BCUT2D eigenvalue weighted by atomic mass is 19.1. The van der Waals surface area contributed by atoms with Crippen molar-refractivity contribution in [2.24, 2.45) is 0 Å². The van der Waals surface area contributed by atoms with Crippen LogP contribution in [0.3, 0.4) is 0 Å². The average molecular weight is 790 g/mol. The lowest BCUT2D eigenvalue weighted by Crippen LogP contribution is -2.47. The number of carbonyl (C=O) groups is 3. The topological polar surface area (TPSA) is 187 Å². The van der Waals surface area contributed by atoms with Crippen LogP contribution in [0.5, 0.6) is 5.75 Å². The number of nitrogens with zero attached hydrogens (tertiary/aromatic N) is 8. The number of likely N-dealkylation sites (tertiary alicyclic amines) is 1. The Labute approximate surface area is 333 Å². The largest absolute Gasteiger partial charge is 0.492 e. The van der Waals surface area contributed by atoms with Gasteiger partial charge in [-0.15, -0.1) is 0 Å². The van der Waals surface area contributed by atoms with E-state index in [0.29, 0.717) is 53.5 Å². The van der Waals surface area contributed by atoms with Gasteiger partial charge in [0.05, 0.1) is 17.3 Å². The summed E-state index contributed by atoms with van der Waals surface area (Å²) in [5.74, 6) is 0.0540. The minimum absolute atomic E-state index is 0.0545. The van der Waals surface area contributed by atoms with Gasteiger partial charge in [-0.1, -0.05) is 50.2 Å². The van der Waals surface area contributed by atoms with Crippen molar-refractivity contribution in [2.75, 3.05) is 31.6 Å². The summed E-state index contributed by atoms with van der Waals surface area (Å²) in [5.41, 5.74) is 3.63. The molecule has 4 aromatic heterocycles. The predicted octanol–water partition coefficient (Wildman–Crippen LogP) is 4.94. The second-order valence-electron chi connectivity index (χ2n) is 15.6. The van der Waals surface area contributed by atoms with Gasteiger partial charge in [-0.3, -0.25) is 29.3 Å². The fourth-order valence-corrected chi connectivity index (χ4v) is 7.09. The Morgan fingerprint density at radius 1 is 1.02 bits per heavy atom. The molecular formula is C41H44FN11O5. The van der Waals surface area contributed by atoms with Crippen molar-refractivity contribution in [3.8, 4) is 28.1 Å². The van der Waals surface area contributed by atoms with Crippen LogP contribution in [0.4, 0.5) is 10.2 Å². The summed E-state index contributed by atoms with van der Waals surface area (Å²) >= 11 is 0. The second kappa shape index (κ2) is 16.2. The fourth-order valence-electron chi connectivity index (χ4n) is 7.09. The summed E-state index contributed by atoms with van der Waals surface area (Å²) in [6, 6.07) is 16.3. The molecule has 0 saturated carbocycles. The molecule has 2 aliphatic heterocycles. The Bertz CT molecular complexity index is 2440. The summed E-state index contributed by atoms with van der Waals surface area (Å²) in [5, 5.41) is 21.0. The SMILES string of the molecule is CC(C)(C)c1nc(C(=O)NCc2ccc(-c3ncnn4cc(-c5ccc(OCCN6CCC(n7ccc(NC8CCC(=O)NC8=O)n7)CC6)cc5)cc34)cc2F)no1. The van der Waals surface area contributed by atoms with Gasteiger partial charge in [-0.05, 0) is 49.1 Å². The Morgan fingerprint density at radius 2 is 1.81 bits per heavy atom. The first-order chi connectivity index (χ1) is 28.0. The maximum Gasteiger partial charge on any atom is 0.292 e. The molecule has 1 unspecified atom stereocenters. The first kappa shape index (κ1) is 38.4. The molecule has 2 aliphatic rings. The van der Waals surface area contributed by atoms with Gasteiger partial charge >= 0.3 is 0 Å². The van der Waals surface area contributed by atoms with Crippen LogP contribution in [0, 0.1) is 5.82 Å². The monoisotopic (exact) mass is 789 g/mol. The van der Waals surface area contributed by atoms with Gasteiger partial charge in [-0.25, -0.2) is 13.9 Å². The maximum absolute atomic E-state index is 15.3. The summed E-state index contributed by atoms with van der Waals surface area (Å²) in [7, 11) is 0. The van der Waals surface area contributed by atoms with Gasteiger partial charge in [0, 0.05) is 73.2 Å². The lowest BCUT2D eigenvalue weighted by Gasteiger charge is -2.31. The third-order valence-electron chi connectivity index (χ3n) is 10.4. The molecule has 2 saturated heterocycles. The fraction of sp³-hybridized carbons (Fsp3) is 0.366. The van der Waals surface area contributed by atoms with Crippen molar-refractivity contribution in [1.29, 1.82) is 0 Å². The van der Waals surface area contributed by atoms with E-state index in [4.69, 9.17) is 9.26 Å². The number of ether oxygens (including phenoxy) is 1. The third kappa shape index (κ3) is 8.58. The molecule has 8 rings (SSSR count). The van der Waals surface area contributed by atoms with E-state index in [1.54, 1.807) is 16.6 Å². The number of nitrogens with one attached hydrogen (secondary N) is 3. The number of piperidine rings is 2. The van der Waals surface area contributed by atoms with Crippen molar-refractivity contribution < 1.29 is 28.0 Å². The molecule has 58 heavy (non-hydrogen) atoms. The van der Waals surface area contributed by atoms with Gasteiger partial charge in [0.1, 0.15) is 36.4 Å². The third-order valence-corrected chi connectivity index (χ3v) is 10.4. The number of rotatable bonds is 12. The smallest absolute Gasteiger partial charge is 0.292 e. The van der Waals surface area contributed by atoms with Crippen LogP contribution in [0.15, 0.2) is 77.8 Å². The van der Waals surface area contributed by atoms with E-state index in [-0.39, 0.29) is 30.2 Å². The number of amides is 3. The Balaban J connectivity index is 0.819. The molecule has 17 heteroatoms. The molecule has 0 spiro atoms. The van der Waals surface area contributed by atoms with E-state index in [1.807, 2.05) is 74.2 Å². The van der Waals surface area contributed by atoms with Crippen LogP contribution < -0.4 is 20.7 Å². The van der Waals surface area contributed by atoms with Crippen LogP contribution >= 0.6 is 0 Å². The van der Waals surface area contributed by atoms with Crippen molar-refractivity contribution in [3.63, 3.8) is 0 Å². The number of imide groups is 1. The molecule has 3 amide bonds. The number of halogens is 1. The molecule has 2 fully saturated rings. The molecule has 0 radical (unpaired) electrons. The number of anilines is 1. The molecule has 16 nitrogen and oxygen atoms in total. The van der Waals surface area contributed by atoms with Gasteiger partial charge in [0.25, 0.3) is 11.7 Å².